The molecule has 0 bridgehead atoms. The molecule has 1 saturated heterocycles. The molecule has 1 aliphatic carbocycles. The van der Waals surface area contributed by atoms with Gasteiger partial charge in [0.25, 0.3) is 0 Å². The van der Waals surface area contributed by atoms with Crippen molar-refractivity contribution in [2.75, 3.05) is 36.9 Å². The van der Waals surface area contributed by atoms with E-state index in [-0.39, 0.29) is 0 Å². The Bertz CT molecular complexity index is 997. The zero-order valence-corrected chi connectivity index (χ0v) is 21.4. The first-order chi connectivity index (χ1) is 16.7. The molecule has 0 aromatic carbocycles. The number of ether oxygens (including phenoxy) is 1. The predicted octanol–water partition coefficient (Wildman–Crippen LogP) is 5.48. The van der Waals surface area contributed by atoms with E-state index in [0.29, 0.717) is 12.0 Å². The minimum absolute atomic E-state index is 0.504. The second-order valence-electron chi connectivity index (χ2n) is 9.15. The number of hydrogen-bond donors (Lipinski definition) is 3. The third kappa shape index (κ3) is 7.13. The molecule has 0 spiro atoms. The molecular weight excluding hydrogens is 446 g/mol. The third-order valence-corrected chi connectivity index (χ3v) is 7.06. The SMILES string of the molecule is C1COCCN1.CCCCCn1ccc2nc(Nc3cc(C)ns3)nc(NC3CCCCC3)c21. The number of unbranched alkanes of at least 4 members (excludes halogenated alkanes) is 2. The summed E-state index contributed by atoms with van der Waals surface area (Å²) in [4.78, 5) is 9.66. The lowest BCUT2D eigenvalue weighted by molar-refractivity contribution is 0.109. The molecule has 2 aliphatic rings. The van der Waals surface area contributed by atoms with Crippen molar-refractivity contribution in [3.8, 4) is 0 Å². The molecule has 3 aromatic rings. The maximum absolute atomic E-state index is 5.01. The summed E-state index contributed by atoms with van der Waals surface area (Å²) < 4.78 is 11.7. The number of morpholine rings is 1. The third-order valence-electron chi connectivity index (χ3n) is 6.27. The van der Waals surface area contributed by atoms with Crippen molar-refractivity contribution >= 4 is 39.3 Å². The highest BCUT2D eigenvalue weighted by atomic mass is 32.1. The maximum Gasteiger partial charge on any atom is 0.230 e. The molecule has 186 valence electrons. The fourth-order valence-electron chi connectivity index (χ4n) is 4.47. The zero-order valence-electron chi connectivity index (χ0n) is 20.6. The van der Waals surface area contributed by atoms with Crippen LogP contribution in [0.4, 0.5) is 16.8 Å². The molecule has 1 saturated carbocycles. The molecule has 2 fully saturated rings. The summed E-state index contributed by atoms with van der Waals surface area (Å²) in [5.74, 6) is 1.60. The second kappa shape index (κ2) is 13.0. The van der Waals surface area contributed by atoms with E-state index in [4.69, 9.17) is 14.7 Å². The van der Waals surface area contributed by atoms with Gasteiger partial charge in [-0.3, -0.25) is 0 Å². The van der Waals surface area contributed by atoms with Crippen LogP contribution in [0.25, 0.3) is 11.0 Å². The van der Waals surface area contributed by atoms with Crippen LogP contribution in [0.1, 0.15) is 64.0 Å². The van der Waals surface area contributed by atoms with Crippen molar-refractivity contribution in [1.29, 1.82) is 0 Å². The van der Waals surface area contributed by atoms with Crippen LogP contribution in [0.5, 0.6) is 0 Å². The minimum Gasteiger partial charge on any atom is -0.379 e. The van der Waals surface area contributed by atoms with Crippen LogP contribution < -0.4 is 16.0 Å². The molecule has 3 aromatic heterocycles. The Labute approximate surface area is 207 Å². The average Bonchev–Trinajstić information content (AvgIpc) is 3.47. The Morgan fingerprint density at radius 3 is 2.62 bits per heavy atom. The Morgan fingerprint density at radius 2 is 1.97 bits per heavy atom. The Balaban J connectivity index is 0.000000398. The maximum atomic E-state index is 5.01. The smallest absolute Gasteiger partial charge is 0.230 e. The molecule has 9 heteroatoms. The Morgan fingerprint density at radius 1 is 1.15 bits per heavy atom. The van der Waals surface area contributed by atoms with Crippen LogP contribution in [0.15, 0.2) is 18.3 Å². The van der Waals surface area contributed by atoms with Crippen molar-refractivity contribution in [2.45, 2.75) is 77.8 Å². The van der Waals surface area contributed by atoms with Crippen LogP contribution in [0.3, 0.4) is 0 Å². The van der Waals surface area contributed by atoms with E-state index in [0.717, 1.165) is 60.4 Å². The number of nitrogens with zero attached hydrogens (tertiary/aromatic N) is 4. The van der Waals surface area contributed by atoms with E-state index in [2.05, 4.69) is 44.1 Å². The van der Waals surface area contributed by atoms with Gasteiger partial charge in [0.1, 0.15) is 10.5 Å². The average molecular weight is 486 g/mol. The number of nitrogens with one attached hydrogen (secondary N) is 3. The molecule has 0 atom stereocenters. The fraction of sp³-hybridized carbons (Fsp3) is 0.640. The quantitative estimate of drug-likeness (QED) is 0.364. The van der Waals surface area contributed by atoms with Crippen LogP contribution in [0.2, 0.25) is 0 Å². The molecule has 0 radical (unpaired) electrons. The van der Waals surface area contributed by atoms with E-state index < -0.39 is 0 Å². The highest BCUT2D eigenvalue weighted by Gasteiger charge is 2.18. The van der Waals surface area contributed by atoms with Crippen molar-refractivity contribution in [1.82, 2.24) is 24.2 Å². The standard InChI is InChI=1S/C21H30N6S.C4H9NO/c1-3-4-8-12-27-13-11-17-19(27)20(22-16-9-6-5-7-10-16)25-21(23-17)24-18-14-15(2)26-28-18;1-3-6-4-2-5-1/h11,13-14,16H,3-10,12H2,1-2H3,(H2,22,23,24,25);5H,1-4H2. The first kappa shape index (κ1) is 24.9. The Kier molecular flexibility index (Phi) is 9.53. The first-order valence-corrected chi connectivity index (χ1v) is 13.6. The summed E-state index contributed by atoms with van der Waals surface area (Å²) >= 11 is 1.44. The zero-order chi connectivity index (χ0) is 23.6. The van der Waals surface area contributed by atoms with Crippen molar-refractivity contribution in [3.05, 3.63) is 24.0 Å². The van der Waals surface area contributed by atoms with Crippen molar-refractivity contribution in [3.63, 3.8) is 0 Å². The van der Waals surface area contributed by atoms with Gasteiger partial charge in [-0.25, -0.2) is 4.98 Å². The van der Waals surface area contributed by atoms with E-state index in [1.807, 2.05) is 13.0 Å². The molecule has 8 nitrogen and oxygen atoms in total. The highest BCUT2D eigenvalue weighted by Crippen LogP contribution is 2.29. The van der Waals surface area contributed by atoms with Crippen LogP contribution in [-0.4, -0.2) is 51.3 Å². The van der Waals surface area contributed by atoms with Gasteiger partial charge in [-0.2, -0.15) is 9.36 Å². The van der Waals surface area contributed by atoms with Gasteiger partial charge >= 0.3 is 0 Å². The molecule has 1 aliphatic heterocycles. The number of hydrogen-bond acceptors (Lipinski definition) is 8. The second-order valence-corrected chi connectivity index (χ2v) is 9.95. The number of anilines is 3. The normalized spacial score (nSPS) is 16.8. The predicted molar refractivity (Wildman–Crippen MR) is 141 cm³/mol. The van der Waals surface area contributed by atoms with Gasteiger partial charge in [0.05, 0.1) is 24.4 Å². The monoisotopic (exact) mass is 485 g/mol. The molecule has 0 unspecified atom stereocenters. The highest BCUT2D eigenvalue weighted by molar-refractivity contribution is 7.10. The summed E-state index contributed by atoms with van der Waals surface area (Å²) in [6.07, 6.45) is 12.2. The lowest BCUT2D eigenvalue weighted by atomic mass is 9.95. The number of aromatic nitrogens is 4. The largest absolute Gasteiger partial charge is 0.379 e. The summed E-state index contributed by atoms with van der Waals surface area (Å²) in [5, 5.41) is 11.2. The molecular formula is C25H39N7OS. The van der Waals surface area contributed by atoms with Crippen molar-refractivity contribution < 1.29 is 4.74 Å². The van der Waals surface area contributed by atoms with Gasteiger partial charge < -0.3 is 25.3 Å². The topological polar surface area (TPSA) is 88.9 Å². The number of rotatable bonds is 8. The van der Waals surface area contributed by atoms with Crippen LogP contribution in [0, 0.1) is 6.92 Å². The van der Waals surface area contributed by atoms with E-state index >= 15 is 0 Å². The first-order valence-electron chi connectivity index (χ1n) is 12.8. The van der Waals surface area contributed by atoms with Crippen LogP contribution >= 0.6 is 11.5 Å². The van der Waals surface area contributed by atoms with Crippen molar-refractivity contribution in [2.24, 2.45) is 0 Å². The summed E-state index contributed by atoms with van der Waals surface area (Å²) in [5.41, 5.74) is 3.14. The van der Waals surface area contributed by atoms with Crippen LogP contribution in [-0.2, 0) is 11.3 Å². The molecule has 0 amide bonds. The molecule has 4 heterocycles. The molecule has 34 heavy (non-hydrogen) atoms. The van der Waals surface area contributed by atoms with E-state index in [1.165, 1.54) is 62.9 Å². The van der Waals surface area contributed by atoms with Gasteiger partial charge in [0.15, 0.2) is 5.82 Å². The summed E-state index contributed by atoms with van der Waals surface area (Å²) in [6.45, 7) is 9.09. The van der Waals surface area contributed by atoms with Gasteiger partial charge in [-0.15, -0.1) is 0 Å². The number of aryl methyl sites for hydroxylation is 2. The summed E-state index contributed by atoms with van der Waals surface area (Å²) in [7, 11) is 0. The van der Waals surface area contributed by atoms with E-state index in [9.17, 15) is 0 Å². The summed E-state index contributed by atoms with van der Waals surface area (Å²) in [6, 6.07) is 4.64. The van der Waals surface area contributed by atoms with Gasteiger partial charge in [0, 0.05) is 31.9 Å². The van der Waals surface area contributed by atoms with Gasteiger partial charge in [-0.05, 0) is 49.9 Å². The fourth-order valence-corrected chi connectivity index (χ4v) is 5.13. The van der Waals surface area contributed by atoms with Gasteiger partial charge in [-0.1, -0.05) is 39.0 Å². The number of fused-ring (bicyclic) bond motifs is 1. The van der Waals surface area contributed by atoms with Gasteiger partial charge in [0.2, 0.25) is 5.95 Å². The Hall–Kier alpha value is -2.23. The molecule has 5 rings (SSSR count). The van der Waals surface area contributed by atoms with E-state index in [1.54, 1.807) is 0 Å². The minimum atomic E-state index is 0.504. The lowest BCUT2D eigenvalue weighted by Crippen LogP contribution is -2.30. The lowest BCUT2D eigenvalue weighted by Gasteiger charge is -2.24. The molecule has 3 N–H and O–H groups in total.